The Labute approximate surface area is 178 Å². The first-order valence-electron chi connectivity index (χ1n) is 10.9. The molecular weight excluding hydrogens is 393 g/mol. The molecule has 1 N–H and O–H groups in total. The van der Waals surface area contributed by atoms with Crippen molar-refractivity contribution in [3.05, 3.63) is 64.1 Å². The van der Waals surface area contributed by atoms with Crippen molar-refractivity contribution < 1.29 is 4.39 Å². The number of benzene rings is 1. The van der Waals surface area contributed by atoms with Crippen molar-refractivity contribution in [3.8, 4) is 11.3 Å². The summed E-state index contributed by atoms with van der Waals surface area (Å²) < 4.78 is 18.7. The molecule has 7 heteroatoms. The summed E-state index contributed by atoms with van der Waals surface area (Å²) in [5, 5.41) is 9.30. The van der Waals surface area contributed by atoms with Gasteiger partial charge < -0.3 is 9.88 Å². The normalized spacial score (nSPS) is 20.0. The number of nitrogens with zero attached hydrogens (tertiary/aromatic N) is 4. The van der Waals surface area contributed by atoms with E-state index in [2.05, 4.69) is 15.4 Å². The Morgan fingerprint density at radius 1 is 1.23 bits per heavy atom. The smallest absolute Gasteiger partial charge is 0.258 e. The van der Waals surface area contributed by atoms with Gasteiger partial charge in [0.2, 0.25) is 0 Å². The summed E-state index contributed by atoms with van der Waals surface area (Å²) in [5.74, 6) is -0.436. The van der Waals surface area contributed by atoms with E-state index in [1.807, 2.05) is 42.9 Å². The van der Waals surface area contributed by atoms with Crippen LogP contribution in [0.4, 0.5) is 4.39 Å². The molecule has 1 aromatic carbocycles. The number of aromatic nitrogens is 4. The molecule has 31 heavy (non-hydrogen) atoms. The minimum absolute atomic E-state index is 0.115. The fourth-order valence-corrected chi connectivity index (χ4v) is 5.04. The lowest BCUT2D eigenvalue weighted by molar-refractivity contribution is 0.282. The number of fused-ring (bicyclic) bond motifs is 2. The Hall–Kier alpha value is -3.06. The van der Waals surface area contributed by atoms with Crippen LogP contribution in [0, 0.1) is 19.7 Å². The number of imidazole rings is 1. The van der Waals surface area contributed by atoms with Crippen LogP contribution in [0.1, 0.15) is 43.0 Å². The molecule has 4 heterocycles. The molecule has 1 atom stereocenters. The molecule has 2 aliphatic rings. The van der Waals surface area contributed by atoms with Crippen LogP contribution in [-0.4, -0.2) is 31.2 Å². The van der Waals surface area contributed by atoms with Crippen LogP contribution in [0.15, 0.2) is 41.5 Å². The lowest BCUT2D eigenvalue weighted by atomic mass is 9.96. The van der Waals surface area contributed by atoms with E-state index in [0.717, 1.165) is 41.7 Å². The number of hydrogen-bond acceptors (Lipinski definition) is 4. The van der Waals surface area contributed by atoms with Gasteiger partial charge in [0.15, 0.2) is 5.65 Å². The molecule has 6 rings (SSSR count). The molecule has 1 aliphatic heterocycles. The quantitative estimate of drug-likeness (QED) is 0.537. The number of halogens is 1. The predicted octanol–water partition coefficient (Wildman–Crippen LogP) is 3.92. The summed E-state index contributed by atoms with van der Waals surface area (Å²) in [4.78, 5) is 17.7. The summed E-state index contributed by atoms with van der Waals surface area (Å²) in [7, 11) is 0. The molecule has 4 aromatic rings. The third-order valence-corrected chi connectivity index (χ3v) is 6.88. The molecule has 3 aromatic heterocycles. The van der Waals surface area contributed by atoms with E-state index in [1.54, 1.807) is 10.6 Å². The van der Waals surface area contributed by atoms with Crippen molar-refractivity contribution in [1.82, 2.24) is 24.5 Å². The highest BCUT2D eigenvalue weighted by Crippen LogP contribution is 2.45. The van der Waals surface area contributed by atoms with E-state index < -0.39 is 5.82 Å². The maximum atomic E-state index is 15.2. The summed E-state index contributed by atoms with van der Waals surface area (Å²) in [6.07, 6.45) is 7.94. The van der Waals surface area contributed by atoms with Crippen molar-refractivity contribution in [2.24, 2.45) is 0 Å². The van der Waals surface area contributed by atoms with E-state index in [0.29, 0.717) is 16.6 Å². The molecule has 1 spiro atoms. The molecule has 6 nitrogen and oxygen atoms in total. The van der Waals surface area contributed by atoms with E-state index in [1.165, 1.54) is 18.9 Å². The Morgan fingerprint density at radius 2 is 2.06 bits per heavy atom. The van der Waals surface area contributed by atoms with Crippen LogP contribution in [0.25, 0.3) is 27.7 Å². The average Bonchev–Trinajstić information content (AvgIpc) is 3.36. The van der Waals surface area contributed by atoms with E-state index in [9.17, 15) is 4.79 Å². The first-order valence-corrected chi connectivity index (χ1v) is 10.9. The van der Waals surface area contributed by atoms with Gasteiger partial charge in [-0.05, 0) is 81.3 Å². The highest BCUT2D eigenvalue weighted by Gasteiger charge is 2.46. The van der Waals surface area contributed by atoms with Gasteiger partial charge >= 0.3 is 0 Å². The molecular formula is C24H24FN5O. The standard InChI is InChI=1S/C24H24FN5O/c1-14-9-21(28-30-13-15(2)27-22(14)30)19-10-16-4-8-29(23(31)18(16)11-20(19)25)17-3-7-26-24(12-17)5-6-24/h4,8-11,13,17,26H,3,5-7,12H2,1-2H3. The number of aryl methyl sites for hydroxylation is 2. The highest BCUT2D eigenvalue weighted by molar-refractivity contribution is 5.86. The zero-order valence-corrected chi connectivity index (χ0v) is 17.7. The second-order valence-electron chi connectivity index (χ2n) is 9.16. The zero-order chi connectivity index (χ0) is 21.3. The van der Waals surface area contributed by atoms with Gasteiger partial charge in [-0.15, -0.1) is 0 Å². The Bertz CT molecular complexity index is 1420. The topological polar surface area (TPSA) is 64.2 Å². The maximum absolute atomic E-state index is 15.2. The second-order valence-corrected chi connectivity index (χ2v) is 9.16. The Balaban J connectivity index is 1.45. The average molecular weight is 417 g/mol. The summed E-state index contributed by atoms with van der Waals surface area (Å²) in [6, 6.07) is 7.04. The molecule has 0 bridgehead atoms. The number of rotatable bonds is 2. The Morgan fingerprint density at radius 3 is 2.87 bits per heavy atom. The third-order valence-electron chi connectivity index (χ3n) is 6.88. The number of pyridine rings is 1. The lowest BCUT2D eigenvalue weighted by Crippen LogP contribution is -2.42. The fourth-order valence-electron chi connectivity index (χ4n) is 5.04. The number of nitrogens with one attached hydrogen (secondary N) is 1. The van der Waals surface area contributed by atoms with Crippen LogP contribution in [0.5, 0.6) is 0 Å². The first kappa shape index (κ1) is 18.7. The van der Waals surface area contributed by atoms with Crippen molar-refractivity contribution >= 4 is 16.4 Å². The predicted molar refractivity (Wildman–Crippen MR) is 118 cm³/mol. The van der Waals surface area contributed by atoms with E-state index >= 15 is 4.39 Å². The summed E-state index contributed by atoms with van der Waals surface area (Å²) >= 11 is 0. The van der Waals surface area contributed by atoms with Crippen LogP contribution < -0.4 is 10.9 Å². The molecule has 0 amide bonds. The highest BCUT2D eigenvalue weighted by atomic mass is 19.1. The molecule has 2 fully saturated rings. The van der Waals surface area contributed by atoms with Gasteiger partial charge in [-0.2, -0.15) is 5.10 Å². The minimum atomic E-state index is -0.436. The van der Waals surface area contributed by atoms with Gasteiger partial charge in [-0.1, -0.05) is 0 Å². The van der Waals surface area contributed by atoms with Gasteiger partial charge in [0, 0.05) is 23.3 Å². The molecule has 1 saturated carbocycles. The van der Waals surface area contributed by atoms with E-state index in [4.69, 9.17) is 0 Å². The van der Waals surface area contributed by atoms with Gasteiger partial charge in [0.1, 0.15) is 5.82 Å². The fraction of sp³-hybridized carbons (Fsp3) is 0.375. The second kappa shape index (κ2) is 6.47. The summed E-state index contributed by atoms with van der Waals surface area (Å²) in [5.41, 5.74) is 3.57. The third kappa shape index (κ3) is 2.98. The molecule has 0 radical (unpaired) electrons. The SMILES string of the molecule is Cc1cn2nc(-c3cc4ccn(C5CCNC6(CC6)C5)c(=O)c4cc3F)cc(C)c2n1. The zero-order valence-electron chi connectivity index (χ0n) is 17.7. The van der Waals surface area contributed by atoms with E-state index in [-0.39, 0.29) is 17.1 Å². The van der Waals surface area contributed by atoms with Crippen molar-refractivity contribution in [2.75, 3.05) is 6.54 Å². The van der Waals surface area contributed by atoms with Gasteiger partial charge in [0.25, 0.3) is 5.56 Å². The minimum Gasteiger partial charge on any atom is -0.312 e. The number of piperidine rings is 1. The number of hydrogen-bond donors (Lipinski definition) is 1. The van der Waals surface area contributed by atoms with Crippen LogP contribution in [-0.2, 0) is 0 Å². The molecule has 158 valence electrons. The van der Waals surface area contributed by atoms with Crippen molar-refractivity contribution in [3.63, 3.8) is 0 Å². The monoisotopic (exact) mass is 417 g/mol. The van der Waals surface area contributed by atoms with Gasteiger partial charge in [0.05, 0.1) is 23.0 Å². The van der Waals surface area contributed by atoms with Crippen molar-refractivity contribution in [2.45, 2.75) is 51.1 Å². The molecule has 1 saturated heterocycles. The molecule has 1 aliphatic carbocycles. The summed E-state index contributed by atoms with van der Waals surface area (Å²) in [6.45, 7) is 4.77. The van der Waals surface area contributed by atoms with Gasteiger partial charge in [-0.25, -0.2) is 13.9 Å². The maximum Gasteiger partial charge on any atom is 0.258 e. The van der Waals surface area contributed by atoms with Crippen LogP contribution in [0.2, 0.25) is 0 Å². The van der Waals surface area contributed by atoms with Crippen LogP contribution in [0.3, 0.4) is 0 Å². The lowest BCUT2D eigenvalue weighted by Gasteiger charge is -2.31. The van der Waals surface area contributed by atoms with Gasteiger partial charge in [-0.3, -0.25) is 4.79 Å². The Kier molecular flexibility index (Phi) is 3.90. The first-order chi connectivity index (χ1) is 14.9. The largest absolute Gasteiger partial charge is 0.312 e. The molecule has 1 unspecified atom stereocenters. The van der Waals surface area contributed by atoms with Crippen molar-refractivity contribution in [1.29, 1.82) is 0 Å². The van der Waals surface area contributed by atoms with Crippen LogP contribution >= 0.6 is 0 Å².